The maximum absolute atomic E-state index is 14.3. The highest BCUT2D eigenvalue weighted by atomic mass is 35.5. The number of benzene rings is 2. The van der Waals surface area contributed by atoms with Crippen LogP contribution in [0.1, 0.15) is 54.9 Å². The van der Waals surface area contributed by atoms with Gasteiger partial charge in [-0.05, 0) is 62.3 Å². The predicted octanol–water partition coefficient (Wildman–Crippen LogP) is 5.31. The Balaban J connectivity index is 1.39. The number of Topliss-reactive ketones (excluding diaryl/α,β-unsaturated/α-hetero) is 2. The van der Waals surface area contributed by atoms with Gasteiger partial charge in [0.05, 0.1) is 16.6 Å². The average Bonchev–Trinajstić information content (AvgIpc) is 3.53. The number of aromatic hydroxyl groups is 1. The number of likely N-dealkylation sites (tertiary alicyclic amines) is 1. The second kappa shape index (κ2) is 9.69. The Kier molecular flexibility index (Phi) is 6.60. The lowest BCUT2D eigenvalue weighted by Crippen LogP contribution is -2.46. The molecule has 36 heavy (non-hydrogen) atoms. The number of carbonyl (C=O) groups excluding carboxylic acids is 3. The predicted molar refractivity (Wildman–Crippen MR) is 135 cm³/mol. The molecule has 0 bridgehead atoms. The topological polar surface area (TPSA) is 79.6 Å². The van der Waals surface area contributed by atoms with Crippen molar-refractivity contribution in [3.8, 4) is 5.75 Å². The van der Waals surface area contributed by atoms with E-state index in [0.717, 1.165) is 19.3 Å². The molecule has 1 amide bonds. The number of hydrogen-bond acceptors (Lipinski definition) is 4. The quantitative estimate of drug-likeness (QED) is 0.437. The molecule has 188 valence electrons. The summed E-state index contributed by atoms with van der Waals surface area (Å²) in [6, 6.07) is 8.96. The monoisotopic (exact) mass is 510 g/mol. The van der Waals surface area contributed by atoms with Crippen LogP contribution >= 0.6 is 11.6 Å². The molecule has 2 aromatic carbocycles. The zero-order chi connectivity index (χ0) is 25.6. The van der Waals surface area contributed by atoms with Gasteiger partial charge in [-0.2, -0.15) is 0 Å². The summed E-state index contributed by atoms with van der Waals surface area (Å²) in [6.45, 7) is 1.43. The molecule has 1 aliphatic carbocycles. The Morgan fingerprint density at radius 1 is 1.17 bits per heavy atom. The molecule has 1 saturated heterocycles. The summed E-state index contributed by atoms with van der Waals surface area (Å²) < 4.78 is 16.0. The second-order valence-corrected chi connectivity index (χ2v) is 10.3. The highest BCUT2D eigenvalue weighted by Gasteiger charge is 2.48. The van der Waals surface area contributed by atoms with Crippen LogP contribution in [0, 0.1) is 11.7 Å². The Labute approximate surface area is 213 Å². The molecule has 0 unspecified atom stereocenters. The number of aromatic nitrogens is 1. The van der Waals surface area contributed by atoms with E-state index in [9.17, 15) is 23.9 Å². The van der Waals surface area contributed by atoms with Crippen LogP contribution in [-0.4, -0.2) is 44.1 Å². The first kappa shape index (κ1) is 24.5. The molecular formula is C28H28ClFN2O4. The van der Waals surface area contributed by atoms with Crippen molar-refractivity contribution in [1.29, 1.82) is 0 Å². The highest BCUT2D eigenvalue weighted by Crippen LogP contribution is 2.42. The third kappa shape index (κ3) is 4.41. The van der Waals surface area contributed by atoms with Gasteiger partial charge in [0.15, 0.2) is 11.6 Å². The van der Waals surface area contributed by atoms with E-state index in [1.165, 1.54) is 19.1 Å². The van der Waals surface area contributed by atoms with Gasteiger partial charge in [0.2, 0.25) is 5.91 Å². The van der Waals surface area contributed by atoms with Crippen LogP contribution in [0.15, 0.2) is 42.6 Å². The molecule has 3 aromatic rings. The van der Waals surface area contributed by atoms with Gasteiger partial charge in [0.1, 0.15) is 18.1 Å². The van der Waals surface area contributed by atoms with Gasteiger partial charge in [0, 0.05) is 35.7 Å². The van der Waals surface area contributed by atoms with E-state index in [0.29, 0.717) is 28.5 Å². The summed E-state index contributed by atoms with van der Waals surface area (Å²) >= 11 is 5.88. The van der Waals surface area contributed by atoms with Crippen molar-refractivity contribution in [1.82, 2.24) is 9.47 Å². The fraction of sp³-hybridized carbons (Fsp3) is 0.393. The van der Waals surface area contributed by atoms with Crippen LogP contribution in [0.4, 0.5) is 4.39 Å². The van der Waals surface area contributed by atoms with Crippen LogP contribution in [0.3, 0.4) is 0 Å². The molecule has 0 radical (unpaired) electrons. The lowest BCUT2D eigenvalue weighted by Gasteiger charge is -2.29. The van der Waals surface area contributed by atoms with Gasteiger partial charge in [-0.25, -0.2) is 4.39 Å². The standard InChI is InChI=1S/C28H28ClFN2O4/c1-16(33)21-14-31(24-13-19(34)9-10-20(21)24)15-27(36)32-23-7-3-5-18(23)12-25(32)26(35)11-8-17-4-2-6-22(29)28(17)30/h2,4,6,9-10,13-14,18,23,25,34H,3,5,7-8,11-12,15H2,1H3/t18-,23-,25+/m1/s1. The SMILES string of the molecule is CC(=O)c1cn(CC(=O)N2[C@@H]3CCC[C@@H]3C[C@H]2C(=O)CCc2cccc(Cl)c2F)c2cc(O)ccc12. The number of rotatable bonds is 7. The van der Waals surface area contributed by atoms with Crippen LogP contribution < -0.4 is 0 Å². The number of fused-ring (bicyclic) bond motifs is 2. The van der Waals surface area contributed by atoms with Crippen molar-refractivity contribution in [2.24, 2.45) is 5.92 Å². The Morgan fingerprint density at radius 2 is 1.97 bits per heavy atom. The van der Waals surface area contributed by atoms with E-state index < -0.39 is 11.9 Å². The van der Waals surface area contributed by atoms with E-state index in [2.05, 4.69) is 0 Å². The van der Waals surface area contributed by atoms with Crippen LogP contribution in [-0.2, 0) is 22.6 Å². The molecular weight excluding hydrogens is 483 g/mol. The smallest absolute Gasteiger partial charge is 0.243 e. The van der Waals surface area contributed by atoms with Crippen molar-refractivity contribution >= 4 is 40.0 Å². The van der Waals surface area contributed by atoms with E-state index in [4.69, 9.17) is 11.6 Å². The number of aryl methyl sites for hydroxylation is 1. The highest BCUT2D eigenvalue weighted by molar-refractivity contribution is 6.30. The summed E-state index contributed by atoms with van der Waals surface area (Å²) in [5.74, 6) is -0.571. The first-order chi connectivity index (χ1) is 17.2. The maximum Gasteiger partial charge on any atom is 0.243 e. The van der Waals surface area contributed by atoms with Crippen molar-refractivity contribution in [2.75, 3.05) is 0 Å². The van der Waals surface area contributed by atoms with Crippen LogP contribution in [0.2, 0.25) is 5.02 Å². The van der Waals surface area contributed by atoms with Gasteiger partial charge in [-0.3, -0.25) is 14.4 Å². The Bertz CT molecular complexity index is 1370. The minimum Gasteiger partial charge on any atom is -0.508 e. The largest absolute Gasteiger partial charge is 0.508 e. The molecule has 1 N–H and O–H groups in total. The first-order valence-corrected chi connectivity index (χ1v) is 12.7. The van der Waals surface area contributed by atoms with Crippen molar-refractivity contribution in [3.63, 3.8) is 0 Å². The van der Waals surface area contributed by atoms with Gasteiger partial charge in [-0.1, -0.05) is 30.2 Å². The van der Waals surface area contributed by atoms with Crippen LogP contribution in [0.25, 0.3) is 10.9 Å². The molecule has 1 aromatic heterocycles. The normalized spacial score (nSPS) is 21.2. The number of nitrogens with zero attached hydrogens (tertiary/aromatic N) is 2. The molecule has 3 atom stereocenters. The zero-order valence-corrected chi connectivity index (χ0v) is 20.8. The van der Waals surface area contributed by atoms with Crippen molar-refractivity contribution in [3.05, 3.63) is 64.6 Å². The molecule has 6 nitrogen and oxygen atoms in total. The molecule has 5 rings (SSSR count). The summed E-state index contributed by atoms with van der Waals surface area (Å²) in [6.07, 6.45) is 5.47. The van der Waals surface area contributed by atoms with Gasteiger partial charge in [0.25, 0.3) is 0 Å². The summed E-state index contributed by atoms with van der Waals surface area (Å²) in [5, 5.41) is 10.7. The van der Waals surface area contributed by atoms with E-state index in [1.54, 1.807) is 39.9 Å². The van der Waals surface area contributed by atoms with Crippen molar-refractivity contribution < 1.29 is 23.9 Å². The first-order valence-electron chi connectivity index (χ1n) is 12.3. The summed E-state index contributed by atoms with van der Waals surface area (Å²) in [4.78, 5) is 40.9. The molecule has 2 heterocycles. The molecule has 0 spiro atoms. The maximum atomic E-state index is 14.3. The van der Waals surface area contributed by atoms with E-state index in [-0.39, 0.29) is 59.6 Å². The van der Waals surface area contributed by atoms with E-state index >= 15 is 0 Å². The molecule has 2 fully saturated rings. The lowest BCUT2D eigenvalue weighted by molar-refractivity contribution is -0.140. The minimum atomic E-state index is -0.544. The number of phenolic OH excluding ortho intramolecular Hbond substituents is 1. The Hall–Kier alpha value is -3.19. The third-order valence-corrected chi connectivity index (χ3v) is 8.01. The minimum absolute atomic E-state index is 0.0110. The zero-order valence-electron chi connectivity index (χ0n) is 20.0. The number of halogens is 2. The molecule has 2 aliphatic rings. The van der Waals surface area contributed by atoms with Crippen molar-refractivity contribution in [2.45, 2.75) is 64.1 Å². The number of ketones is 2. The number of hydrogen-bond donors (Lipinski definition) is 1. The summed E-state index contributed by atoms with van der Waals surface area (Å²) in [7, 11) is 0. The van der Waals surface area contributed by atoms with Gasteiger partial charge >= 0.3 is 0 Å². The number of carbonyl (C=O) groups is 3. The van der Waals surface area contributed by atoms with Gasteiger partial charge < -0.3 is 14.6 Å². The fourth-order valence-corrected chi connectivity index (χ4v) is 6.21. The number of phenols is 1. The second-order valence-electron chi connectivity index (χ2n) is 9.92. The van der Waals surface area contributed by atoms with Gasteiger partial charge in [-0.15, -0.1) is 0 Å². The average molecular weight is 511 g/mol. The van der Waals surface area contributed by atoms with Crippen LogP contribution in [0.5, 0.6) is 5.75 Å². The summed E-state index contributed by atoms with van der Waals surface area (Å²) in [5.41, 5.74) is 1.46. The van der Waals surface area contributed by atoms with E-state index in [1.807, 2.05) is 0 Å². The molecule has 8 heteroatoms. The molecule has 1 saturated carbocycles. The third-order valence-electron chi connectivity index (χ3n) is 7.72. The fourth-order valence-electron chi connectivity index (χ4n) is 6.02. The molecule has 1 aliphatic heterocycles. The lowest BCUT2D eigenvalue weighted by atomic mass is 9.97. The Morgan fingerprint density at radius 3 is 2.75 bits per heavy atom. The number of amides is 1.